The Balaban J connectivity index is 0.00000104. The van der Waals surface area contributed by atoms with Crippen LogP contribution in [0.2, 0.25) is 0 Å². The number of aliphatic carboxylic acids is 1. The molecule has 21 heteroatoms. The van der Waals surface area contributed by atoms with Gasteiger partial charge in [0.05, 0.1) is 36.3 Å². The van der Waals surface area contributed by atoms with E-state index in [9.17, 15) is 33.9 Å². The lowest BCUT2D eigenvalue weighted by Gasteiger charge is -2.42. The number of carbonyl (C=O) groups is 6. The van der Waals surface area contributed by atoms with Crippen LogP contribution in [0.3, 0.4) is 0 Å². The molecule has 486 valence electrons. The first kappa shape index (κ1) is 76.3. The molecule has 85 heavy (non-hydrogen) atoms. The zero-order valence-electron chi connectivity index (χ0n) is 55.4. The molecule has 0 bridgehead atoms. The molecule has 0 radical (unpaired) electrons. The van der Waals surface area contributed by atoms with E-state index in [1.54, 1.807) is 65.1 Å². The number of hydrogen-bond acceptors (Lipinski definition) is 16. The summed E-state index contributed by atoms with van der Waals surface area (Å²) >= 11 is 1.51. The average molecular weight is 1220 g/mol. The van der Waals surface area contributed by atoms with Gasteiger partial charge in [-0.25, -0.2) is 14.6 Å². The topological polar surface area (TPSA) is 242 Å². The first-order valence-electron chi connectivity index (χ1n) is 30.8. The number of methoxy groups -OCH3 is 2. The number of aromatic nitrogens is 1. The van der Waals surface area contributed by atoms with Crippen molar-refractivity contribution in [3.05, 3.63) is 52.5 Å². The van der Waals surface area contributed by atoms with Crippen molar-refractivity contribution in [3.63, 3.8) is 0 Å². The largest absolute Gasteiger partial charge is 0.480 e. The van der Waals surface area contributed by atoms with Gasteiger partial charge in [-0.15, -0.1) is 11.3 Å². The van der Waals surface area contributed by atoms with Crippen LogP contribution >= 0.6 is 11.3 Å². The van der Waals surface area contributed by atoms with Gasteiger partial charge in [0.1, 0.15) is 28.5 Å². The average Bonchev–Trinajstić information content (AvgIpc) is 2.89. The number of nitrogens with one attached hydrogen (secondary N) is 3. The van der Waals surface area contributed by atoms with Gasteiger partial charge >= 0.3 is 18.2 Å². The third kappa shape index (κ3) is 26.2. The Morgan fingerprint density at radius 3 is 1.78 bits per heavy atom. The minimum Gasteiger partial charge on any atom is -0.480 e. The molecular weight excluding hydrogens is 1100 g/mol. The summed E-state index contributed by atoms with van der Waals surface area (Å²) in [6.07, 6.45) is 3.46. The number of rotatable bonds is 34. The van der Waals surface area contributed by atoms with Gasteiger partial charge in [0, 0.05) is 90.4 Å². The summed E-state index contributed by atoms with van der Waals surface area (Å²) < 4.78 is 22.8. The van der Waals surface area contributed by atoms with Crippen molar-refractivity contribution < 1.29 is 57.9 Å². The van der Waals surface area contributed by atoms with Crippen LogP contribution in [0.4, 0.5) is 9.59 Å². The number of thiazole rings is 1. The van der Waals surface area contributed by atoms with Gasteiger partial charge in [0.15, 0.2) is 5.78 Å². The fraction of sp³-hybridized carbons (Fsp3) is 0.766. The van der Waals surface area contributed by atoms with Crippen molar-refractivity contribution in [2.24, 2.45) is 35.5 Å². The number of nitrogens with zero attached hydrogens (tertiary/aromatic N) is 5. The number of carboxylic acids is 1. The Hall–Kier alpha value is -4.77. The SMILES string of the molecule is CC(C)[C@@H](C(=O)O)N(C)CCCNC(=O)OC(C)(C)C.CC[C@H](C)[C@@H]([C@@H](CC(O)N1CCC[C@H]1[C@H](OC)[C@@H](C)C(=O)N[C@@H](Cc1ccccc1)c1nccs1)OC)N(C)C(=O)[C@@H](CC(=O)[C@H](C(C)C)N(C)CCCNC(=O)OC(C)(C)C)C(C)C. The summed E-state index contributed by atoms with van der Waals surface area (Å²) in [5, 5.41) is 32.7. The highest BCUT2D eigenvalue weighted by molar-refractivity contribution is 7.09. The molecule has 20 nitrogen and oxygen atoms in total. The summed E-state index contributed by atoms with van der Waals surface area (Å²) in [4.78, 5) is 89.8. The van der Waals surface area contributed by atoms with E-state index in [1.165, 1.54) is 11.3 Å². The van der Waals surface area contributed by atoms with E-state index in [4.69, 9.17) is 24.1 Å². The van der Waals surface area contributed by atoms with E-state index in [0.717, 1.165) is 29.8 Å². The Morgan fingerprint density at radius 2 is 1.33 bits per heavy atom. The lowest BCUT2D eigenvalue weighted by Crippen LogP contribution is -2.55. The van der Waals surface area contributed by atoms with Crippen molar-refractivity contribution in [1.29, 1.82) is 0 Å². The van der Waals surface area contributed by atoms with Crippen molar-refractivity contribution in [2.75, 3.05) is 68.1 Å². The number of aliphatic hydroxyl groups is 1. The number of aliphatic hydroxyl groups excluding tert-OH is 1. The van der Waals surface area contributed by atoms with Gasteiger partial charge in [0.2, 0.25) is 11.8 Å². The predicted octanol–water partition coefficient (Wildman–Crippen LogP) is 9.30. The number of alkyl carbamates (subject to hydrolysis) is 2. The molecule has 0 aliphatic carbocycles. The summed E-state index contributed by atoms with van der Waals surface area (Å²) in [6.45, 7) is 31.4. The summed E-state index contributed by atoms with van der Waals surface area (Å²) in [5.41, 5.74) is 0.00556. The molecule has 1 fully saturated rings. The maximum absolute atomic E-state index is 14.7. The highest BCUT2D eigenvalue weighted by Gasteiger charge is 2.44. The number of carboxylic acid groups (broad SMARTS) is 1. The maximum Gasteiger partial charge on any atom is 0.407 e. The van der Waals surface area contributed by atoms with E-state index in [-0.39, 0.29) is 72.2 Å². The van der Waals surface area contributed by atoms with E-state index in [0.29, 0.717) is 52.0 Å². The van der Waals surface area contributed by atoms with Crippen LogP contribution in [-0.4, -0.2) is 192 Å². The van der Waals surface area contributed by atoms with Gasteiger partial charge < -0.3 is 50.0 Å². The third-order valence-corrected chi connectivity index (χ3v) is 16.7. The summed E-state index contributed by atoms with van der Waals surface area (Å²) in [7, 11) is 8.76. The second-order valence-corrected chi connectivity index (χ2v) is 27.1. The molecule has 1 unspecified atom stereocenters. The van der Waals surface area contributed by atoms with Crippen LogP contribution in [0.15, 0.2) is 41.9 Å². The van der Waals surface area contributed by atoms with Crippen LogP contribution in [-0.2, 0) is 44.5 Å². The number of hydrogen-bond donors (Lipinski definition) is 5. The minimum absolute atomic E-state index is 0.00347. The smallest absolute Gasteiger partial charge is 0.407 e. The normalized spacial score (nSPS) is 17.6. The summed E-state index contributed by atoms with van der Waals surface area (Å²) in [6, 6.07) is 8.22. The van der Waals surface area contributed by atoms with Crippen LogP contribution in [0.1, 0.15) is 165 Å². The van der Waals surface area contributed by atoms with E-state index < -0.39 is 71.7 Å². The van der Waals surface area contributed by atoms with Crippen LogP contribution in [0.25, 0.3) is 0 Å². The van der Waals surface area contributed by atoms with Gasteiger partial charge in [-0.3, -0.25) is 33.9 Å². The number of carbonyl (C=O) groups excluding carboxylic acids is 5. The monoisotopic (exact) mass is 1220 g/mol. The first-order valence-corrected chi connectivity index (χ1v) is 31.7. The molecule has 1 saturated heterocycles. The van der Waals surface area contributed by atoms with Gasteiger partial charge in [-0.05, 0) is 117 Å². The van der Waals surface area contributed by atoms with Crippen molar-refractivity contribution in [3.8, 4) is 0 Å². The molecule has 3 rings (SSSR count). The molecule has 1 aromatic heterocycles. The number of ketones is 1. The highest BCUT2D eigenvalue weighted by atomic mass is 32.1. The lowest BCUT2D eigenvalue weighted by atomic mass is 9.83. The summed E-state index contributed by atoms with van der Waals surface area (Å²) in [5.74, 6) is -2.22. The van der Waals surface area contributed by atoms with E-state index >= 15 is 0 Å². The third-order valence-electron chi connectivity index (χ3n) is 15.8. The Morgan fingerprint density at radius 1 is 0.788 bits per heavy atom. The van der Waals surface area contributed by atoms with Gasteiger partial charge in [0.25, 0.3) is 0 Å². The fourth-order valence-corrected chi connectivity index (χ4v) is 12.2. The number of benzene rings is 1. The number of amides is 4. The molecule has 11 atom stereocenters. The van der Waals surface area contributed by atoms with E-state index in [1.807, 2.05) is 122 Å². The Bertz CT molecular complexity index is 2280. The molecule has 1 aliphatic rings. The number of Topliss-reactive ketones (excluding diaryl/α,β-unsaturated/α-hetero) is 1. The van der Waals surface area contributed by atoms with Gasteiger partial charge in [-0.2, -0.15) is 0 Å². The molecule has 0 spiro atoms. The predicted molar refractivity (Wildman–Crippen MR) is 336 cm³/mol. The van der Waals surface area contributed by atoms with Crippen LogP contribution in [0.5, 0.6) is 0 Å². The van der Waals surface area contributed by atoms with E-state index in [2.05, 4.69) is 34.8 Å². The number of likely N-dealkylation sites (N-methyl/N-ethyl adjacent to an activating group) is 3. The molecule has 1 aromatic carbocycles. The zero-order valence-corrected chi connectivity index (χ0v) is 56.3. The molecular formula is C64H112N8O12S. The van der Waals surface area contributed by atoms with Crippen molar-refractivity contribution in [1.82, 2.24) is 40.5 Å². The Kier molecular flexibility index (Phi) is 33.4. The van der Waals surface area contributed by atoms with Crippen molar-refractivity contribution >= 4 is 47.1 Å². The number of ether oxygens (including phenoxy) is 4. The first-order chi connectivity index (χ1) is 39.7. The molecule has 4 amide bonds. The second kappa shape index (κ2) is 37.2. The van der Waals surface area contributed by atoms with Crippen LogP contribution in [0, 0.1) is 35.5 Å². The van der Waals surface area contributed by atoms with Crippen molar-refractivity contribution in [2.45, 2.75) is 215 Å². The Labute approximate surface area is 514 Å². The minimum atomic E-state index is -0.930. The standard InChI is InChI=1S/C50H84N6O8S.C14H28N2O4/c1-15-34(6)44(55(12)48(60)37(32(2)3)30-40(57)43(33(4)5)54(11)26-20-24-52-49(61)64-50(8,9)10)41(62-13)31-42(58)56-27-19-23-39(56)45(63-14)35(7)46(59)53-38(47-51-25-28-65-47)29-36-21-17-16-18-22-36;1-10(2)11(12(17)18)16(6)9-7-8-15-13(19)20-14(3,4)5/h16-18,21-22,25,28,32-35,37-39,41-45,58H,15,19-20,23-24,26-27,29-31H2,1-14H3,(H,52,61)(H,53,59);10-11H,7-9H2,1-6H3,(H,15,19)(H,17,18)/t34-,35+,37-,38-,39-,41+,42?,43-,44-,45+;11-/m00/s1. The van der Waals surface area contributed by atoms with Crippen LogP contribution < -0.4 is 16.0 Å². The zero-order chi connectivity index (χ0) is 64.5. The molecule has 5 N–H and O–H groups in total. The van der Waals surface area contributed by atoms with Gasteiger partial charge in [-0.1, -0.05) is 99.1 Å². The highest BCUT2D eigenvalue weighted by Crippen LogP contribution is 2.33. The number of likely N-dealkylation sites (tertiary alicyclic amines) is 1. The molecule has 2 heterocycles. The molecule has 0 saturated carbocycles. The fourth-order valence-electron chi connectivity index (χ4n) is 11.5. The second-order valence-electron chi connectivity index (χ2n) is 26.1. The molecule has 2 aromatic rings. The quantitative estimate of drug-likeness (QED) is 0.0410. The maximum atomic E-state index is 14.7. The lowest BCUT2D eigenvalue weighted by molar-refractivity contribution is -0.148. The molecule has 1 aliphatic heterocycles.